The Hall–Kier alpha value is -0.610. The van der Waals surface area contributed by atoms with Crippen LogP contribution in [0.5, 0.6) is 0 Å². The average molecular weight is 466 g/mol. The van der Waals surface area contributed by atoms with Gasteiger partial charge in [0.25, 0.3) is 0 Å². The number of likely N-dealkylation sites (tertiary alicyclic amines) is 1. The van der Waals surface area contributed by atoms with Gasteiger partial charge in [0.05, 0.1) is 0 Å². The highest BCUT2D eigenvalue weighted by atomic mass is 16.2. The summed E-state index contributed by atoms with van der Waals surface area (Å²) in [6.45, 7) is 27.0. The monoisotopic (exact) mass is 465 g/mol. The quantitative estimate of drug-likeness (QED) is 0.256. The number of hydrogen-bond donors (Lipinski definition) is 2. The standard InChI is InChI=1S/C29H59N3O/c1-24(25-22-32(23-25)20-16-27(2,3)4)21-29(8,9)15-13-11-10-12-14-17-30-18-19-31-26(33)28(5,6)7/h24-25,30H,10-23H2,1-9H3,(H,31,33). The van der Waals surface area contributed by atoms with Gasteiger partial charge < -0.3 is 15.5 Å². The van der Waals surface area contributed by atoms with Crippen molar-refractivity contribution in [1.82, 2.24) is 15.5 Å². The smallest absolute Gasteiger partial charge is 0.225 e. The molecule has 1 aliphatic rings. The summed E-state index contributed by atoms with van der Waals surface area (Å²) in [4.78, 5) is 14.5. The van der Waals surface area contributed by atoms with Gasteiger partial charge in [0.1, 0.15) is 0 Å². The number of nitrogens with zero attached hydrogens (tertiary/aromatic N) is 1. The Kier molecular flexibility index (Phi) is 13.0. The minimum Gasteiger partial charge on any atom is -0.354 e. The maximum atomic E-state index is 11.8. The molecule has 0 radical (unpaired) electrons. The summed E-state index contributed by atoms with van der Waals surface area (Å²) in [7, 11) is 0. The summed E-state index contributed by atoms with van der Waals surface area (Å²) in [5, 5.41) is 6.44. The molecule has 33 heavy (non-hydrogen) atoms. The van der Waals surface area contributed by atoms with Crippen LogP contribution < -0.4 is 10.6 Å². The Bertz CT molecular complexity index is 538. The Morgan fingerprint density at radius 2 is 1.45 bits per heavy atom. The van der Waals surface area contributed by atoms with Crippen LogP contribution in [0.4, 0.5) is 0 Å². The van der Waals surface area contributed by atoms with Crippen LogP contribution in [0.2, 0.25) is 0 Å². The Labute approximate surface area is 207 Å². The Morgan fingerprint density at radius 1 is 0.848 bits per heavy atom. The molecule has 1 saturated heterocycles. The predicted octanol–water partition coefficient (Wildman–Crippen LogP) is 6.50. The largest absolute Gasteiger partial charge is 0.354 e. The molecule has 0 saturated carbocycles. The summed E-state index contributed by atoms with van der Waals surface area (Å²) in [6.07, 6.45) is 10.7. The molecular weight excluding hydrogens is 406 g/mol. The van der Waals surface area contributed by atoms with Crippen molar-refractivity contribution in [2.75, 3.05) is 39.3 Å². The first-order valence-electron chi connectivity index (χ1n) is 13.9. The van der Waals surface area contributed by atoms with Crippen molar-refractivity contribution < 1.29 is 4.79 Å². The fourth-order valence-electron chi connectivity index (χ4n) is 4.82. The maximum Gasteiger partial charge on any atom is 0.225 e. The average Bonchev–Trinajstić information content (AvgIpc) is 2.62. The van der Waals surface area contributed by atoms with E-state index in [9.17, 15) is 4.79 Å². The molecule has 0 aromatic rings. The highest BCUT2D eigenvalue weighted by molar-refractivity contribution is 5.81. The van der Waals surface area contributed by atoms with Crippen LogP contribution in [0.1, 0.15) is 114 Å². The van der Waals surface area contributed by atoms with Crippen LogP contribution in [0.3, 0.4) is 0 Å². The van der Waals surface area contributed by atoms with E-state index >= 15 is 0 Å². The first kappa shape index (κ1) is 30.4. The third-order valence-corrected chi connectivity index (χ3v) is 7.32. The van der Waals surface area contributed by atoms with Crippen LogP contribution in [0, 0.1) is 28.1 Å². The van der Waals surface area contributed by atoms with Crippen molar-refractivity contribution in [1.29, 1.82) is 0 Å². The maximum absolute atomic E-state index is 11.8. The molecule has 0 bridgehead atoms. The summed E-state index contributed by atoms with van der Waals surface area (Å²) in [5.41, 5.74) is 0.640. The lowest BCUT2D eigenvalue weighted by atomic mass is 9.73. The minimum atomic E-state index is -0.295. The van der Waals surface area contributed by atoms with E-state index in [0.717, 1.165) is 31.5 Å². The van der Waals surface area contributed by atoms with Crippen molar-refractivity contribution in [2.45, 2.75) is 114 Å². The van der Waals surface area contributed by atoms with E-state index in [1.54, 1.807) is 0 Å². The molecule has 1 fully saturated rings. The molecule has 1 amide bonds. The second kappa shape index (κ2) is 14.1. The molecule has 0 aromatic carbocycles. The van der Waals surface area contributed by atoms with Gasteiger partial charge >= 0.3 is 0 Å². The Balaban J connectivity index is 1.99. The van der Waals surface area contributed by atoms with Crippen LogP contribution in [0.15, 0.2) is 0 Å². The highest BCUT2D eigenvalue weighted by Crippen LogP contribution is 2.37. The summed E-state index contributed by atoms with van der Waals surface area (Å²) >= 11 is 0. The van der Waals surface area contributed by atoms with E-state index in [0.29, 0.717) is 10.8 Å². The van der Waals surface area contributed by atoms with Crippen LogP contribution in [-0.4, -0.2) is 50.1 Å². The van der Waals surface area contributed by atoms with E-state index in [-0.39, 0.29) is 11.3 Å². The molecule has 4 heteroatoms. The predicted molar refractivity (Wildman–Crippen MR) is 145 cm³/mol. The van der Waals surface area contributed by atoms with Crippen molar-refractivity contribution in [2.24, 2.45) is 28.1 Å². The fraction of sp³-hybridized carbons (Fsp3) is 0.966. The molecule has 1 heterocycles. The van der Waals surface area contributed by atoms with Gasteiger partial charge in [-0.05, 0) is 61.4 Å². The number of carbonyl (C=O) groups excluding carboxylic acids is 1. The van der Waals surface area contributed by atoms with Gasteiger partial charge in [0.2, 0.25) is 5.91 Å². The number of hydrogen-bond acceptors (Lipinski definition) is 3. The second-order valence-corrected chi connectivity index (χ2v) is 13.9. The van der Waals surface area contributed by atoms with E-state index in [4.69, 9.17) is 0 Å². The molecule has 1 rings (SSSR count). The lowest BCUT2D eigenvalue weighted by Crippen LogP contribution is -2.50. The lowest BCUT2D eigenvalue weighted by Gasteiger charge is -2.45. The molecular formula is C29H59N3O. The van der Waals surface area contributed by atoms with Crippen LogP contribution in [0.25, 0.3) is 0 Å². The normalized spacial score (nSPS) is 17.1. The van der Waals surface area contributed by atoms with E-state index in [1.165, 1.54) is 71.0 Å². The Morgan fingerprint density at radius 3 is 2.06 bits per heavy atom. The zero-order valence-corrected chi connectivity index (χ0v) is 23.9. The molecule has 1 unspecified atom stereocenters. The molecule has 0 aromatic heterocycles. The molecule has 1 atom stereocenters. The van der Waals surface area contributed by atoms with Gasteiger partial charge in [-0.25, -0.2) is 0 Å². The van der Waals surface area contributed by atoms with E-state index in [2.05, 4.69) is 57.1 Å². The second-order valence-electron chi connectivity index (χ2n) is 13.9. The third-order valence-electron chi connectivity index (χ3n) is 7.32. The zero-order valence-electron chi connectivity index (χ0n) is 23.9. The molecule has 0 spiro atoms. The van der Waals surface area contributed by atoms with Gasteiger partial charge in [0, 0.05) is 31.6 Å². The first-order chi connectivity index (χ1) is 15.2. The molecule has 1 aliphatic heterocycles. The molecule has 196 valence electrons. The SMILES string of the molecule is CC(CC(C)(C)CCCCCCCNCCNC(=O)C(C)(C)C)C1CN(CCC(C)(C)C)C1. The van der Waals surface area contributed by atoms with Crippen molar-refractivity contribution in [3.05, 3.63) is 0 Å². The van der Waals surface area contributed by atoms with Gasteiger partial charge in [-0.2, -0.15) is 0 Å². The lowest BCUT2D eigenvalue weighted by molar-refractivity contribution is -0.128. The van der Waals surface area contributed by atoms with Crippen molar-refractivity contribution >= 4 is 5.91 Å². The van der Waals surface area contributed by atoms with Crippen LogP contribution in [-0.2, 0) is 4.79 Å². The van der Waals surface area contributed by atoms with Crippen molar-refractivity contribution in [3.8, 4) is 0 Å². The van der Waals surface area contributed by atoms with E-state index < -0.39 is 0 Å². The number of amides is 1. The zero-order chi connectivity index (χ0) is 25.1. The topological polar surface area (TPSA) is 44.4 Å². The van der Waals surface area contributed by atoms with Crippen molar-refractivity contribution in [3.63, 3.8) is 0 Å². The molecule has 0 aliphatic carbocycles. The van der Waals surface area contributed by atoms with Gasteiger partial charge in [0.15, 0.2) is 0 Å². The van der Waals surface area contributed by atoms with Gasteiger partial charge in [-0.15, -0.1) is 0 Å². The van der Waals surface area contributed by atoms with Gasteiger partial charge in [-0.3, -0.25) is 4.79 Å². The summed E-state index contributed by atoms with van der Waals surface area (Å²) in [6, 6.07) is 0. The first-order valence-corrected chi connectivity index (χ1v) is 13.9. The molecule has 2 N–H and O–H groups in total. The van der Waals surface area contributed by atoms with Crippen LogP contribution >= 0.6 is 0 Å². The van der Waals surface area contributed by atoms with Gasteiger partial charge in [-0.1, -0.05) is 88.0 Å². The third kappa shape index (κ3) is 14.4. The van der Waals surface area contributed by atoms with E-state index in [1.807, 2.05) is 20.8 Å². The summed E-state index contributed by atoms with van der Waals surface area (Å²) in [5.74, 6) is 1.90. The number of nitrogens with one attached hydrogen (secondary N) is 2. The number of unbranched alkanes of at least 4 members (excludes halogenated alkanes) is 4. The highest BCUT2D eigenvalue weighted by Gasteiger charge is 2.34. The minimum absolute atomic E-state index is 0.132. The fourth-order valence-corrected chi connectivity index (χ4v) is 4.82. The number of carbonyl (C=O) groups is 1. The molecule has 4 nitrogen and oxygen atoms in total. The summed E-state index contributed by atoms with van der Waals surface area (Å²) < 4.78 is 0. The number of rotatable bonds is 16.